The van der Waals surface area contributed by atoms with Crippen LogP contribution in [-0.4, -0.2) is 23.8 Å². The lowest BCUT2D eigenvalue weighted by molar-refractivity contribution is 0.0577. The Labute approximate surface area is 203 Å². The predicted molar refractivity (Wildman–Crippen MR) is 139 cm³/mol. The van der Waals surface area contributed by atoms with E-state index in [0.717, 1.165) is 50.5 Å². The van der Waals surface area contributed by atoms with E-state index >= 15 is 0 Å². The molecule has 2 aromatic carbocycles. The van der Waals surface area contributed by atoms with Crippen LogP contribution < -0.4 is 9.64 Å². The number of amides is 1. The fourth-order valence-corrected chi connectivity index (χ4v) is 4.12. The van der Waals surface area contributed by atoms with Crippen LogP contribution in [0.2, 0.25) is 0 Å². The van der Waals surface area contributed by atoms with Crippen molar-refractivity contribution in [3.63, 3.8) is 0 Å². The van der Waals surface area contributed by atoms with Gasteiger partial charge in [-0.1, -0.05) is 30.3 Å². The highest BCUT2D eigenvalue weighted by Gasteiger charge is 2.27. The van der Waals surface area contributed by atoms with Gasteiger partial charge in [-0.15, -0.1) is 0 Å². The van der Waals surface area contributed by atoms with E-state index in [2.05, 4.69) is 43.1 Å². The van der Waals surface area contributed by atoms with Crippen molar-refractivity contribution < 1.29 is 14.3 Å². The average Bonchev–Trinajstić information content (AvgIpc) is 2.75. The molecule has 180 valence electrons. The number of aromatic nitrogens is 1. The summed E-state index contributed by atoms with van der Waals surface area (Å²) in [4.78, 5) is 19.9. The molecule has 3 aromatic rings. The highest BCUT2D eigenvalue weighted by Crippen LogP contribution is 2.34. The number of nitrogens with zero attached hydrogens (tertiary/aromatic N) is 2. The fraction of sp³-hybridized carbons (Fsp3) is 0.379. The average molecular weight is 461 g/mol. The Kier molecular flexibility index (Phi) is 7.35. The number of carbonyl (C=O) groups excluding carboxylic acids is 1. The number of carbonyl (C=O) groups is 1. The zero-order chi connectivity index (χ0) is 25.2. The molecule has 1 aromatic heterocycles. The molecule has 0 unspecified atom stereocenters. The van der Waals surface area contributed by atoms with Crippen LogP contribution in [-0.2, 0) is 11.3 Å². The minimum Gasteiger partial charge on any atom is -0.496 e. The minimum atomic E-state index is -0.626. The van der Waals surface area contributed by atoms with Gasteiger partial charge in [-0.25, -0.2) is 4.79 Å². The van der Waals surface area contributed by atoms with Crippen molar-refractivity contribution in [1.29, 1.82) is 0 Å². The summed E-state index contributed by atoms with van der Waals surface area (Å²) in [5.74, 6) is 0.788. The number of anilines is 1. The van der Waals surface area contributed by atoms with Crippen molar-refractivity contribution in [2.45, 2.75) is 67.5 Å². The first kappa shape index (κ1) is 25.3. The number of benzene rings is 2. The third kappa shape index (κ3) is 5.41. The van der Waals surface area contributed by atoms with Crippen molar-refractivity contribution in [3.05, 3.63) is 76.1 Å². The second kappa shape index (κ2) is 9.88. The molecule has 5 heteroatoms. The maximum atomic E-state index is 13.5. The first-order valence-corrected chi connectivity index (χ1v) is 11.6. The molecule has 0 atom stereocenters. The van der Waals surface area contributed by atoms with Crippen molar-refractivity contribution >= 4 is 11.8 Å². The smallest absolute Gasteiger partial charge is 0.415 e. The van der Waals surface area contributed by atoms with Crippen molar-refractivity contribution in [2.75, 3.05) is 12.0 Å². The van der Waals surface area contributed by atoms with Crippen LogP contribution in [0.15, 0.2) is 42.6 Å². The van der Waals surface area contributed by atoms with Crippen molar-refractivity contribution in [2.24, 2.45) is 0 Å². The van der Waals surface area contributed by atoms with Gasteiger partial charge in [0.15, 0.2) is 0 Å². The summed E-state index contributed by atoms with van der Waals surface area (Å²) in [6.45, 7) is 16.1. The van der Waals surface area contributed by atoms with Crippen LogP contribution in [0.4, 0.5) is 10.5 Å². The second-order valence-electron chi connectivity index (χ2n) is 9.86. The van der Waals surface area contributed by atoms with Crippen LogP contribution in [0.25, 0.3) is 11.1 Å². The van der Waals surface area contributed by atoms with E-state index in [-0.39, 0.29) is 6.54 Å². The number of aryl methyl sites for hydroxylation is 3. The van der Waals surface area contributed by atoms with Crippen LogP contribution in [0.5, 0.6) is 5.75 Å². The molecule has 1 heterocycles. The van der Waals surface area contributed by atoms with Gasteiger partial charge in [-0.3, -0.25) is 9.88 Å². The molecule has 0 fully saturated rings. The molecular weight excluding hydrogens is 424 g/mol. The number of ether oxygens (including phenoxy) is 2. The summed E-state index contributed by atoms with van der Waals surface area (Å²) >= 11 is 0. The standard InChI is InChI=1S/C29H36N2O3/c1-18-12-10-11-13-24(18)23-14-19(2)21(4)26(15-23)31(28(32)34-29(6,7)8)17-25-22(5)27(33-9)20(3)16-30-25/h10-16H,17H2,1-9H3. The monoisotopic (exact) mass is 460 g/mol. The van der Waals surface area contributed by atoms with E-state index in [1.807, 2.05) is 53.7 Å². The SMILES string of the molecule is COc1c(C)cnc(CN(C(=O)OC(C)(C)C)c2cc(-c3ccccc3C)cc(C)c2C)c1C. The van der Waals surface area contributed by atoms with Crippen molar-refractivity contribution in [1.82, 2.24) is 4.98 Å². The fourth-order valence-electron chi connectivity index (χ4n) is 4.12. The molecule has 0 aliphatic carbocycles. The molecule has 5 nitrogen and oxygen atoms in total. The maximum absolute atomic E-state index is 13.5. The Morgan fingerprint density at radius 1 is 0.941 bits per heavy atom. The van der Waals surface area contributed by atoms with E-state index in [9.17, 15) is 4.79 Å². The minimum absolute atomic E-state index is 0.273. The first-order valence-electron chi connectivity index (χ1n) is 11.6. The summed E-state index contributed by atoms with van der Waals surface area (Å²) in [6.07, 6.45) is 1.38. The van der Waals surface area contributed by atoms with Gasteiger partial charge < -0.3 is 9.47 Å². The second-order valence-corrected chi connectivity index (χ2v) is 9.86. The Balaban J connectivity index is 2.18. The molecule has 0 aliphatic rings. The van der Waals surface area contributed by atoms with Crippen LogP contribution in [0.1, 0.15) is 54.3 Å². The third-order valence-corrected chi connectivity index (χ3v) is 6.06. The van der Waals surface area contributed by atoms with Gasteiger partial charge in [-0.05, 0) is 89.3 Å². The molecule has 0 saturated carbocycles. The van der Waals surface area contributed by atoms with E-state index in [4.69, 9.17) is 9.47 Å². The lowest BCUT2D eigenvalue weighted by atomic mass is 9.95. The van der Waals surface area contributed by atoms with Gasteiger partial charge in [0.25, 0.3) is 0 Å². The maximum Gasteiger partial charge on any atom is 0.415 e. The lowest BCUT2D eigenvalue weighted by Gasteiger charge is -2.30. The molecular formula is C29H36N2O3. The summed E-state index contributed by atoms with van der Waals surface area (Å²) in [6, 6.07) is 12.5. The number of methoxy groups -OCH3 is 1. The molecule has 0 N–H and O–H groups in total. The summed E-state index contributed by atoms with van der Waals surface area (Å²) in [7, 11) is 1.66. The molecule has 0 saturated heterocycles. The number of pyridine rings is 1. The van der Waals surface area contributed by atoms with Crippen LogP contribution >= 0.6 is 0 Å². The highest BCUT2D eigenvalue weighted by molar-refractivity contribution is 5.90. The van der Waals surface area contributed by atoms with E-state index in [1.165, 1.54) is 5.56 Å². The summed E-state index contributed by atoms with van der Waals surface area (Å²) in [5.41, 5.74) is 8.36. The topological polar surface area (TPSA) is 51.7 Å². The normalized spacial score (nSPS) is 11.3. The van der Waals surface area contributed by atoms with E-state index in [1.54, 1.807) is 18.2 Å². The van der Waals surface area contributed by atoms with Gasteiger partial charge in [0.1, 0.15) is 11.4 Å². The molecule has 0 bridgehead atoms. The zero-order valence-corrected chi connectivity index (χ0v) is 21.9. The van der Waals surface area contributed by atoms with Crippen molar-refractivity contribution in [3.8, 4) is 16.9 Å². The Morgan fingerprint density at radius 3 is 2.24 bits per heavy atom. The van der Waals surface area contributed by atoms with Gasteiger partial charge >= 0.3 is 6.09 Å². The Bertz CT molecular complexity index is 1210. The molecule has 0 spiro atoms. The van der Waals surface area contributed by atoms with Gasteiger partial charge in [0.2, 0.25) is 0 Å². The van der Waals surface area contributed by atoms with Crippen LogP contribution in [0.3, 0.4) is 0 Å². The summed E-state index contributed by atoms with van der Waals surface area (Å²) in [5, 5.41) is 0. The number of rotatable bonds is 5. The lowest BCUT2D eigenvalue weighted by Crippen LogP contribution is -2.37. The predicted octanol–water partition coefficient (Wildman–Crippen LogP) is 7.24. The highest BCUT2D eigenvalue weighted by atomic mass is 16.6. The van der Waals surface area contributed by atoms with Crippen LogP contribution in [0, 0.1) is 34.6 Å². The largest absolute Gasteiger partial charge is 0.496 e. The zero-order valence-electron chi connectivity index (χ0n) is 21.9. The molecule has 3 rings (SSSR count). The molecule has 1 amide bonds. The summed E-state index contributed by atoms with van der Waals surface area (Å²) < 4.78 is 11.4. The van der Waals surface area contributed by atoms with E-state index < -0.39 is 11.7 Å². The quantitative estimate of drug-likeness (QED) is 0.403. The van der Waals surface area contributed by atoms with Gasteiger partial charge in [0.05, 0.1) is 25.0 Å². The number of hydrogen-bond donors (Lipinski definition) is 0. The van der Waals surface area contributed by atoms with Gasteiger partial charge in [0, 0.05) is 17.3 Å². The molecule has 34 heavy (non-hydrogen) atoms. The third-order valence-electron chi connectivity index (χ3n) is 6.06. The van der Waals surface area contributed by atoms with Gasteiger partial charge in [-0.2, -0.15) is 0 Å². The first-order chi connectivity index (χ1) is 15.9. The Morgan fingerprint density at radius 2 is 1.62 bits per heavy atom. The molecule has 0 aliphatic heterocycles. The molecule has 0 radical (unpaired) electrons. The van der Waals surface area contributed by atoms with E-state index in [0.29, 0.717) is 0 Å². The Hall–Kier alpha value is -3.34. The number of hydrogen-bond acceptors (Lipinski definition) is 4.